The van der Waals surface area contributed by atoms with Crippen molar-refractivity contribution < 1.29 is 0 Å². The molecule has 6 nitrogen and oxygen atoms in total. The van der Waals surface area contributed by atoms with E-state index in [-0.39, 0.29) is 5.71 Å². The Morgan fingerprint density at radius 1 is 1.41 bits per heavy atom. The molecule has 17 heavy (non-hydrogen) atoms. The number of anilines is 1. The molecule has 0 radical (unpaired) electrons. The van der Waals surface area contributed by atoms with Gasteiger partial charge in [-0.2, -0.15) is 20.7 Å². The minimum atomic E-state index is -0.228. The number of benzene rings is 1. The van der Waals surface area contributed by atoms with E-state index in [1.807, 2.05) is 6.07 Å². The summed E-state index contributed by atoms with van der Waals surface area (Å²) in [6.45, 7) is 0. The van der Waals surface area contributed by atoms with Gasteiger partial charge in [-0.1, -0.05) is 0 Å². The molecule has 0 aliphatic rings. The van der Waals surface area contributed by atoms with Crippen molar-refractivity contribution in [1.29, 1.82) is 10.5 Å². The number of nitriles is 2. The lowest BCUT2D eigenvalue weighted by atomic mass is 10.2. The maximum absolute atomic E-state index is 8.51. The fourth-order valence-electron chi connectivity index (χ4n) is 1.24. The quantitative estimate of drug-likeness (QED) is 0.653. The zero-order chi connectivity index (χ0) is 12.3. The molecule has 0 fully saturated rings. The highest BCUT2D eigenvalue weighted by Gasteiger charge is 2.03. The molecule has 2 N–H and O–H groups in total. The van der Waals surface area contributed by atoms with E-state index >= 15 is 0 Å². The molecule has 0 spiro atoms. The number of H-pyrrole nitrogens is 1. The molecule has 0 unspecified atom stereocenters. The van der Waals surface area contributed by atoms with Crippen LogP contribution in [0.3, 0.4) is 0 Å². The van der Waals surface area contributed by atoms with Crippen LogP contribution in [0.1, 0.15) is 0 Å². The van der Waals surface area contributed by atoms with E-state index in [0.29, 0.717) is 5.69 Å². The summed E-state index contributed by atoms with van der Waals surface area (Å²) < 4.78 is 0.803. The van der Waals surface area contributed by atoms with Crippen LogP contribution in [0.5, 0.6) is 0 Å². The van der Waals surface area contributed by atoms with Gasteiger partial charge in [0.15, 0.2) is 0 Å². The molecule has 0 aliphatic heterocycles. The van der Waals surface area contributed by atoms with Gasteiger partial charge in [-0.3, -0.25) is 10.5 Å². The fraction of sp³-hybridized carbons (Fsp3) is 0. The van der Waals surface area contributed by atoms with Crippen LogP contribution in [0.4, 0.5) is 5.69 Å². The number of hydrogen-bond acceptors (Lipinski definition) is 5. The molecule has 1 aromatic carbocycles. The smallest absolute Gasteiger partial charge is 0.237 e. The van der Waals surface area contributed by atoms with Gasteiger partial charge in [-0.15, -0.1) is 0 Å². The van der Waals surface area contributed by atoms with Crippen molar-refractivity contribution in [2.24, 2.45) is 5.10 Å². The van der Waals surface area contributed by atoms with E-state index in [9.17, 15) is 0 Å². The molecular weight excluding hydrogens is 284 g/mol. The predicted molar refractivity (Wildman–Crippen MR) is 66.1 cm³/mol. The van der Waals surface area contributed by atoms with Crippen molar-refractivity contribution >= 4 is 38.2 Å². The average molecular weight is 289 g/mol. The Hall–Kier alpha value is -2.38. The van der Waals surface area contributed by atoms with Crippen LogP contribution in [0.2, 0.25) is 0 Å². The largest absolute Gasteiger partial charge is 0.276 e. The maximum atomic E-state index is 8.51. The van der Waals surface area contributed by atoms with Gasteiger partial charge >= 0.3 is 0 Å². The number of fused-ring (bicyclic) bond motifs is 1. The second-order valence-corrected chi connectivity index (χ2v) is 3.86. The lowest BCUT2D eigenvalue weighted by molar-refractivity contribution is 1.10. The fourth-order valence-corrected chi connectivity index (χ4v) is 1.67. The van der Waals surface area contributed by atoms with Gasteiger partial charge in [-0.05, 0) is 34.1 Å². The van der Waals surface area contributed by atoms with Crippen LogP contribution in [-0.4, -0.2) is 15.9 Å². The summed E-state index contributed by atoms with van der Waals surface area (Å²) in [6.07, 6.45) is 0. The second-order valence-electron chi connectivity index (χ2n) is 3.07. The lowest BCUT2D eigenvalue weighted by Crippen LogP contribution is -1.96. The topological polar surface area (TPSA) is 101 Å². The molecule has 2 aromatic rings. The van der Waals surface area contributed by atoms with Gasteiger partial charge < -0.3 is 0 Å². The van der Waals surface area contributed by atoms with Crippen LogP contribution in [0.25, 0.3) is 10.9 Å². The Morgan fingerprint density at radius 3 is 2.88 bits per heavy atom. The zero-order valence-electron chi connectivity index (χ0n) is 8.40. The van der Waals surface area contributed by atoms with Crippen LogP contribution in [0, 0.1) is 22.7 Å². The summed E-state index contributed by atoms with van der Waals surface area (Å²) >= 11 is 3.32. The normalized spacial score (nSPS) is 9.35. The van der Waals surface area contributed by atoms with Crippen molar-refractivity contribution in [2.75, 3.05) is 5.43 Å². The molecule has 2 rings (SSSR count). The van der Waals surface area contributed by atoms with Gasteiger partial charge in [-0.25, -0.2) is 0 Å². The number of nitrogens with zero attached hydrogens (tertiary/aromatic N) is 4. The van der Waals surface area contributed by atoms with Gasteiger partial charge in [0.05, 0.1) is 11.2 Å². The summed E-state index contributed by atoms with van der Waals surface area (Å²) in [7, 11) is 0. The predicted octanol–water partition coefficient (Wildman–Crippen LogP) is 2.14. The second kappa shape index (κ2) is 4.64. The average Bonchev–Trinajstić information content (AvgIpc) is 2.72. The first-order valence-corrected chi connectivity index (χ1v) is 5.31. The van der Waals surface area contributed by atoms with Gasteiger partial charge in [0.1, 0.15) is 16.7 Å². The number of halogens is 1. The molecule has 0 aliphatic carbocycles. The third-order valence-electron chi connectivity index (χ3n) is 2.02. The first-order valence-electron chi connectivity index (χ1n) is 4.52. The Bertz CT molecular complexity index is 656. The van der Waals surface area contributed by atoms with E-state index in [0.717, 1.165) is 15.5 Å². The highest BCUT2D eigenvalue weighted by molar-refractivity contribution is 9.10. The number of rotatable bonds is 2. The summed E-state index contributed by atoms with van der Waals surface area (Å²) in [5.74, 6) is 0. The molecule has 0 bridgehead atoms. The minimum Gasteiger partial charge on any atom is -0.276 e. The third-order valence-corrected chi connectivity index (χ3v) is 2.62. The van der Waals surface area contributed by atoms with Gasteiger partial charge in [0.25, 0.3) is 0 Å². The highest BCUT2D eigenvalue weighted by Crippen LogP contribution is 2.23. The first-order chi connectivity index (χ1) is 8.24. The van der Waals surface area contributed by atoms with Crippen molar-refractivity contribution in [1.82, 2.24) is 10.2 Å². The molecule has 7 heteroatoms. The lowest BCUT2D eigenvalue weighted by Gasteiger charge is -1.98. The maximum Gasteiger partial charge on any atom is 0.237 e. The Kier molecular flexibility index (Phi) is 3.03. The molecule has 1 heterocycles. The monoisotopic (exact) mass is 288 g/mol. The Morgan fingerprint density at radius 2 is 2.18 bits per heavy atom. The number of nitrogens with one attached hydrogen (secondary N) is 2. The van der Waals surface area contributed by atoms with Crippen molar-refractivity contribution in [3.05, 3.63) is 22.8 Å². The van der Waals surface area contributed by atoms with Crippen LogP contribution in [-0.2, 0) is 0 Å². The molecule has 0 saturated heterocycles. The number of hydrazone groups is 1. The van der Waals surface area contributed by atoms with Crippen molar-refractivity contribution in [3.8, 4) is 12.1 Å². The van der Waals surface area contributed by atoms with E-state index in [1.165, 1.54) is 0 Å². The van der Waals surface area contributed by atoms with Crippen LogP contribution >= 0.6 is 15.9 Å². The number of aromatic nitrogens is 2. The zero-order valence-corrected chi connectivity index (χ0v) is 9.98. The molecule has 0 atom stereocenters. The standard InChI is InChI=1S/C10H5BrN6/c11-10-8-2-1-6(3-9(8)16-17-10)14-15-7(4-12)5-13/h1-3,14H,(H,16,17). The molecule has 0 saturated carbocycles. The van der Waals surface area contributed by atoms with Crippen LogP contribution < -0.4 is 5.43 Å². The van der Waals surface area contributed by atoms with Gasteiger partial charge in [0, 0.05) is 5.39 Å². The van der Waals surface area contributed by atoms with E-state index in [2.05, 4.69) is 36.7 Å². The summed E-state index contributed by atoms with van der Waals surface area (Å²) in [5, 5.41) is 28.5. The Labute approximate surface area is 105 Å². The van der Waals surface area contributed by atoms with E-state index in [1.54, 1.807) is 24.3 Å². The highest BCUT2D eigenvalue weighted by atomic mass is 79.9. The Balaban J connectivity index is 2.30. The SMILES string of the molecule is N#CC(C#N)=NNc1ccc2c(Br)[nH]nc2c1. The number of aromatic amines is 1. The van der Waals surface area contributed by atoms with Crippen molar-refractivity contribution in [3.63, 3.8) is 0 Å². The summed E-state index contributed by atoms with van der Waals surface area (Å²) in [6, 6.07) is 8.70. The van der Waals surface area contributed by atoms with Crippen LogP contribution in [0.15, 0.2) is 27.9 Å². The molecule has 0 amide bonds. The van der Waals surface area contributed by atoms with Crippen molar-refractivity contribution in [2.45, 2.75) is 0 Å². The van der Waals surface area contributed by atoms with E-state index < -0.39 is 0 Å². The number of hydrogen-bond donors (Lipinski definition) is 2. The minimum absolute atomic E-state index is 0.228. The molecule has 1 aromatic heterocycles. The summed E-state index contributed by atoms with van der Waals surface area (Å²) in [4.78, 5) is 0. The first kappa shape index (κ1) is 11.1. The molecule has 82 valence electrons. The molecular formula is C10H5BrN6. The third kappa shape index (κ3) is 2.25. The van der Waals surface area contributed by atoms with E-state index in [4.69, 9.17) is 10.5 Å². The summed E-state index contributed by atoms with van der Waals surface area (Å²) in [5.41, 5.74) is 3.80. The van der Waals surface area contributed by atoms with Gasteiger partial charge in [0.2, 0.25) is 5.71 Å².